The first-order valence-electron chi connectivity index (χ1n) is 4.92. The first-order valence-corrected chi connectivity index (χ1v) is 6.36. The Hall–Kier alpha value is -1.71. The maximum atomic E-state index is 12.0. The molecule has 0 amide bonds. The predicted molar refractivity (Wildman–Crippen MR) is 64.4 cm³/mol. The van der Waals surface area contributed by atoms with Crippen LogP contribution in [0.25, 0.3) is 0 Å². The highest BCUT2D eigenvalue weighted by Crippen LogP contribution is 2.26. The van der Waals surface area contributed by atoms with E-state index in [2.05, 4.69) is 0 Å². The molecule has 0 aliphatic rings. The van der Waals surface area contributed by atoms with Crippen LogP contribution < -0.4 is 5.73 Å². The minimum atomic E-state index is -3.94. The molecule has 0 fully saturated rings. The standard InChI is InChI=1S/C9H13N3O5S/c1-11(4-5-13)18(16,17)9-6-7(12(14)15)2-3-8(9)10/h2-3,6,13H,4-5,10H2,1H3. The molecule has 3 N–H and O–H groups in total. The largest absolute Gasteiger partial charge is 0.398 e. The Morgan fingerprint density at radius 3 is 2.61 bits per heavy atom. The number of aliphatic hydroxyl groups is 1. The Bertz CT molecular complexity index is 557. The molecule has 100 valence electrons. The number of nitro benzene ring substituents is 1. The highest BCUT2D eigenvalue weighted by Gasteiger charge is 2.25. The van der Waals surface area contributed by atoms with Gasteiger partial charge in [0, 0.05) is 25.7 Å². The predicted octanol–water partition coefficient (Wildman–Crippen LogP) is -0.210. The Morgan fingerprint density at radius 2 is 2.11 bits per heavy atom. The van der Waals surface area contributed by atoms with E-state index in [4.69, 9.17) is 10.8 Å². The summed E-state index contributed by atoms with van der Waals surface area (Å²) in [6.45, 7) is -0.477. The average Bonchev–Trinajstić information content (AvgIpc) is 2.29. The van der Waals surface area contributed by atoms with Crippen molar-refractivity contribution < 1.29 is 18.4 Å². The number of hydrogen-bond acceptors (Lipinski definition) is 6. The zero-order valence-corrected chi connectivity index (χ0v) is 10.4. The van der Waals surface area contributed by atoms with Crippen LogP contribution in [0.1, 0.15) is 0 Å². The van der Waals surface area contributed by atoms with Crippen molar-refractivity contribution in [2.24, 2.45) is 0 Å². The minimum absolute atomic E-state index is 0.0783. The quantitative estimate of drug-likeness (QED) is 0.435. The van der Waals surface area contributed by atoms with Crippen LogP contribution in [-0.4, -0.2) is 43.0 Å². The van der Waals surface area contributed by atoms with Crippen LogP contribution in [0.2, 0.25) is 0 Å². The van der Waals surface area contributed by atoms with E-state index < -0.39 is 14.9 Å². The third kappa shape index (κ3) is 2.75. The van der Waals surface area contributed by atoms with Crippen molar-refractivity contribution in [3.05, 3.63) is 28.3 Å². The molecular weight excluding hydrogens is 262 g/mol. The number of hydrogen-bond donors (Lipinski definition) is 2. The second kappa shape index (κ2) is 5.29. The molecule has 0 heterocycles. The topological polar surface area (TPSA) is 127 Å². The van der Waals surface area contributed by atoms with Crippen molar-refractivity contribution in [3.63, 3.8) is 0 Å². The van der Waals surface area contributed by atoms with Gasteiger partial charge < -0.3 is 10.8 Å². The normalized spacial score (nSPS) is 11.7. The number of non-ortho nitro benzene ring substituents is 1. The van der Waals surface area contributed by atoms with Crippen LogP contribution in [0.5, 0.6) is 0 Å². The van der Waals surface area contributed by atoms with Crippen LogP contribution in [0.4, 0.5) is 11.4 Å². The Kier molecular flexibility index (Phi) is 4.22. The number of benzene rings is 1. The van der Waals surface area contributed by atoms with Gasteiger partial charge in [-0.2, -0.15) is 4.31 Å². The van der Waals surface area contributed by atoms with Gasteiger partial charge in [0.05, 0.1) is 17.2 Å². The lowest BCUT2D eigenvalue weighted by atomic mass is 10.3. The van der Waals surface area contributed by atoms with Gasteiger partial charge in [-0.15, -0.1) is 0 Å². The first kappa shape index (κ1) is 14.4. The van der Waals surface area contributed by atoms with Crippen LogP contribution in [0, 0.1) is 10.1 Å². The van der Waals surface area contributed by atoms with E-state index >= 15 is 0 Å². The molecule has 0 saturated heterocycles. The first-order chi connectivity index (χ1) is 8.30. The second-order valence-electron chi connectivity index (χ2n) is 3.53. The number of likely N-dealkylation sites (N-methyl/N-ethyl adjacent to an activating group) is 1. The van der Waals surface area contributed by atoms with Gasteiger partial charge >= 0.3 is 0 Å². The van der Waals surface area contributed by atoms with Crippen molar-refractivity contribution in [1.82, 2.24) is 4.31 Å². The minimum Gasteiger partial charge on any atom is -0.398 e. The van der Waals surface area contributed by atoms with Gasteiger partial charge in [0.15, 0.2) is 0 Å². The molecule has 0 bridgehead atoms. The number of nitrogens with two attached hydrogens (primary N) is 1. The van der Waals surface area contributed by atoms with Crippen molar-refractivity contribution in [3.8, 4) is 0 Å². The van der Waals surface area contributed by atoms with Crippen LogP contribution in [0.3, 0.4) is 0 Å². The summed E-state index contributed by atoms with van der Waals surface area (Å²) in [7, 11) is -2.69. The number of rotatable bonds is 5. The third-order valence-electron chi connectivity index (χ3n) is 2.31. The van der Waals surface area contributed by atoms with Gasteiger partial charge in [0.1, 0.15) is 4.90 Å². The fourth-order valence-electron chi connectivity index (χ4n) is 1.29. The van der Waals surface area contributed by atoms with Crippen molar-refractivity contribution in [1.29, 1.82) is 0 Å². The van der Waals surface area contributed by atoms with Gasteiger partial charge in [-0.05, 0) is 6.07 Å². The van der Waals surface area contributed by atoms with Gasteiger partial charge in [-0.3, -0.25) is 10.1 Å². The summed E-state index contributed by atoms with van der Waals surface area (Å²) >= 11 is 0. The lowest BCUT2D eigenvalue weighted by Gasteiger charge is -2.16. The van der Waals surface area contributed by atoms with E-state index in [9.17, 15) is 18.5 Å². The molecule has 1 rings (SSSR count). The molecule has 0 radical (unpaired) electrons. The molecule has 0 aliphatic carbocycles. The summed E-state index contributed by atoms with van der Waals surface area (Å²) in [5, 5.41) is 19.3. The molecule has 0 atom stereocenters. The highest BCUT2D eigenvalue weighted by molar-refractivity contribution is 7.89. The summed E-state index contributed by atoms with van der Waals surface area (Å²) < 4.78 is 24.9. The maximum Gasteiger partial charge on any atom is 0.270 e. The molecular formula is C9H13N3O5S. The SMILES string of the molecule is CN(CCO)S(=O)(=O)c1cc([N+](=O)[O-])ccc1N. The highest BCUT2D eigenvalue weighted by atomic mass is 32.2. The monoisotopic (exact) mass is 275 g/mol. The van der Waals surface area contributed by atoms with Gasteiger partial charge in [0.2, 0.25) is 10.0 Å². The smallest absolute Gasteiger partial charge is 0.270 e. The van der Waals surface area contributed by atoms with Gasteiger partial charge in [-0.1, -0.05) is 0 Å². The lowest BCUT2D eigenvalue weighted by Crippen LogP contribution is -2.30. The summed E-state index contributed by atoms with van der Waals surface area (Å²) in [6, 6.07) is 3.19. The molecule has 0 unspecified atom stereocenters. The lowest BCUT2D eigenvalue weighted by molar-refractivity contribution is -0.385. The number of anilines is 1. The third-order valence-corrected chi connectivity index (χ3v) is 4.22. The molecule has 1 aromatic rings. The molecule has 0 aliphatic heterocycles. The van der Waals surface area contributed by atoms with E-state index in [1.807, 2.05) is 0 Å². The second-order valence-corrected chi connectivity index (χ2v) is 5.54. The van der Waals surface area contributed by atoms with Crippen molar-refractivity contribution >= 4 is 21.4 Å². The van der Waals surface area contributed by atoms with Crippen LogP contribution in [0.15, 0.2) is 23.1 Å². The Balaban J connectivity index is 3.31. The summed E-state index contributed by atoms with van der Waals surface area (Å²) in [5.74, 6) is 0. The molecule has 1 aromatic carbocycles. The van der Waals surface area contributed by atoms with Crippen LogP contribution in [-0.2, 0) is 10.0 Å². The number of nitrogen functional groups attached to an aromatic ring is 1. The van der Waals surface area contributed by atoms with Crippen molar-refractivity contribution in [2.45, 2.75) is 4.90 Å². The number of nitro groups is 1. The van der Waals surface area contributed by atoms with E-state index in [0.29, 0.717) is 0 Å². The Morgan fingerprint density at radius 1 is 1.50 bits per heavy atom. The van der Waals surface area contributed by atoms with Gasteiger partial charge in [0.25, 0.3) is 5.69 Å². The zero-order valence-electron chi connectivity index (χ0n) is 9.61. The molecule has 0 spiro atoms. The number of sulfonamides is 1. The average molecular weight is 275 g/mol. The van der Waals surface area contributed by atoms with E-state index in [0.717, 1.165) is 22.5 Å². The summed E-state index contributed by atoms with van der Waals surface area (Å²) in [6.07, 6.45) is 0. The van der Waals surface area contributed by atoms with Crippen molar-refractivity contribution in [2.75, 3.05) is 25.9 Å². The molecule has 8 nitrogen and oxygen atoms in total. The number of aliphatic hydroxyl groups excluding tert-OH is 1. The Labute approximate surface area is 104 Å². The zero-order chi connectivity index (χ0) is 13.9. The molecule has 0 aromatic heterocycles. The van der Waals surface area contributed by atoms with E-state index in [1.54, 1.807) is 0 Å². The van der Waals surface area contributed by atoms with E-state index in [-0.39, 0.29) is 29.4 Å². The number of nitrogens with zero attached hydrogens (tertiary/aromatic N) is 2. The fourth-order valence-corrected chi connectivity index (χ4v) is 2.58. The molecule has 18 heavy (non-hydrogen) atoms. The summed E-state index contributed by atoms with van der Waals surface area (Å²) in [5.41, 5.74) is 5.08. The van der Waals surface area contributed by atoms with Crippen LogP contribution >= 0.6 is 0 Å². The summed E-state index contributed by atoms with van der Waals surface area (Å²) in [4.78, 5) is 9.56. The maximum absolute atomic E-state index is 12.0. The molecule has 9 heteroatoms. The van der Waals surface area contributed by atoms with Gasteiger partial charge in [-0.25, -0.2) is 8.42 Å². The molecule has 0 saturated carbocycles. The van der Waals surface area contributed by atoms with E-state index in [1.165, 1.54) is 7.05 Å². The fraction of sp³-hybridized carbons (Fsp3) is 0.333.